The standard InChI is InChI=1S/C11H26N2S/c1-6-10(8-12-3)13(4)11(7-2)9-14-5/h10-12H,6-9H2,1-5H3. The van der Waals surface area contributed by atoms with E-state index in [-0.39, 0.29) is 0 Å². The van der Waals surface area contributed by atoms with Crippen molar-refractivity contribution in [2.45, 2.75) is 38.8 Å². The molecule has 0 spiro atoms. The number of hydrogen-bond donors (Lipinski definition) is 1. The second-order valence-electron chi connectivity index (χ2n) is 3.80. The highest BCUT2D eigenvalue weighted by molar-refractivity contribution is 7.98. The summed E-state index contributed by atoms with van der Waals surface area (Å²) in [6.07, 6.45) is 4.66. The summed E-state index contributed by atoms with van der Waals surface area (Å²) in [4.78, 5) is 2.53. The third kappa shape index (κ3) is 4.67. The van der Waals surface area contributed by atoms with Crippen LogP contribution in [0.4, 0.5) is 0 Å². The van der Waals surface area contributed by atoms with Crippen LogP contribution in [0.25, 0.3) is 0 Å². The maximum absolute atomic E-state index is 3.27. The molecular weight excluding hydrogens is 192 g/mol. The molecule has 0 aliphatic rings. The lowest BCUT2D eigenvalue weighted by Gasteiger charge is -2.34. The average Bonchev–Trinajstić information content (AvgIpc) is 2.21. The van der Waals surface area contributed by atoms with Crippen LogP contribution in [0.1, 0.15) is 26.7 Å². The van der Waals surface area contributed by atoms with Crippen LogP contribution in [-0.2, 0) is 0 Å². The van der Waals surface area contributed by atoms with E-state index >= 15 is 0 Å². The van der Waals surface area contributed by atoms with Gasteiger partial charge in [-0.1, -0.05) is 13.8 Å². The van der Waals surface area contributed by atoms with E-state index in [4.69, 9.17) is 0 Å². The van der Waals surface area contributed by atoms with E-state index in [2.05, 4.69) is 37.4 Å². The molecule has 0 heterocycles. The average molecular weight is 218 g/mol. The molecule has 14 heavy (non-hydrogen) atoms. The largest absolute Gasteiger partial charge is 0.318 e. The van der Waals surface area contributed by atoms with Crippen LogP contribution < -0.4 is 5.32 Å². The van der Waals surface area contributed by atoms with E-state index in [1.807, 2.05) is 18.8 Å². The van der Waals surface area contributed by atoms with Crippen molar-refractivity contribution in [2.24, 2.45) is 0 Å². The highest BCUT2D eigenvalue weighted by Crippen LogP contribution is 2.12. The minimum absolute atomic E-state index is 0.678. The topological polar surface area (TPSA) is 15.3 Å². The Kier molecular flexibility index (Phi) is 8.73. The molecule has 0 aliphatic heterocycles. The monoisotopic (exact) mass is 218 g/mol. The van der Waals surface area contributed by atoms with Crippen LogP contribution in [0.15, 0.2) is 0 Å². The van der Waals surface area contributed by atoms with Crippen molar-refractivity contribution in [1.82, 2.24) is 10.2 Å². The van der Waals surface area contributed by atoms with Gasteiger partial charge in [-0.2, -0.15) is 11.8 Å². The van der Waals surface area contributed by atoms with Gasteiger partial charge in [-0.3, -0.25) is 4.90 Å². The van der Waals surface area contributed by atoms with E-state index in [9.17, 15) is 0 Å². The SMILES string of the molecule is CCC(CNC)N(C)C(CC)CSC. The summed E-state index contributed by atoms with van der Waals surface area (Å²) in [7, 11) is 4.29. The van der Waals surface area contributed by atoms with E-state index in [0.717, 1.165) is 12.6 Å². The van der Waals surface area contributed by atoms with Crippen LogP contribution >= 0.6 is 11.8 Å². The second kappa shape index (κ2) is 8.57. The van der Waals surface area contributed by atoms with Crippen LogP contribution in [0.3, 0.4) is 0 Å². The van der Waals surface area contributed by atoms with Crippen molar-refractivity contribution in [3.8, 4) is 0 Å². The summed E-state index contributed by atoms with van der Waals surface area (Å²) in [5, 5.41) is 3.27. The van der Waals surface area contributed by atoms with Crippen molar-refractivity contribution < 1.29 is 0 Å². The molecule has 1 N–H and O–H groups in total. The molecule has 3 heteroatoms. The predicted octanol–water partition coefficient (Wildman–Crippen LogP) is 2.06. The molecule has 86 valence electrons. The first-order valence-corrected chi connectivity index (χ1v) is 6.96. The Bertz CT molecular complexity index is 116. The van der Waals surface area contributed by atoms with Gasteiger partial charge in [0.25, 0.3) is 0 Å². The fourth-order valence-corrected chi connectivity index (χ4v) is 2.68. The summed E-state index contributed by atoms with van der Waals surface area (Å²) < 4.78 is 0. The lowest BCUT2D eigenvalue weighted by Crippen LogP contribution is -2.45. The smallest absolute Gasteiger partial charge is 0.0218 e. The van der Waals surface area contributed by atoms with Gasteiger partial charge in [0, 0.05) is 24.4 Å². The summed E-state index contributed by atoms with van der Waals surface area (Å²) in [6.45, 7) is 5.64. The second-order valence-corrected chi connectivity index (χ2v) is 4.71. The van der Waals surface area contributed by atoms with Crippen molar-refractivity contribution in [2.75, 3.05) is 32.6 Å². The predicted molar refractivity (Wildman–Crippen MR) is 68.2 cm³/mol. The van der Waals surface area contributed by atoms with Crippen LogP contribution in [0, 0.1) is 0 Å². The molecular formula is C11H26N2S. The molecule has 0 rings (SSSR count). The molecule has 0 radical (unpaired) electrons. The van der Waals surface area contributed by atoms with Crippen LogP contribution in [0.5, 0.6) is 0 Å². The minimum Gasteiger partial charge on any atom is -0.318 e. The zero-order valence-electron chi connectivity index (χ0n) is 10.3. The van der Waals surface area contributed by atoms with Gasteiger partial charge in [0.15, 0.2) is 0 Å². The molecule has 0 saturated carbocycles. The zero-order chi connectivity index (χ0) is 11.0. The first kappa shape index (κ1) is 14.3. The van der Waals surface area contributed by atoms with Crippen molar-refractivity contribution in [3.05, 3.63) is 0 Å². The lowest BCUT2D eigenvalue weighted by atomic mass is 10.1. The van der Waals surface area contributed by atoms with Crippen molar-refractivity contribution >= 4 is 11.8 Å². The summed E-state index contributed by atoms with van der Waals surface area (Å²) >= 11 is 1.95. The Balaban J connectivity index is 4.13. The van der Waals surface area contributed by atoms with Gasteiger partial charge in [0.2, 0.25) is 0 Å². The van der Waals surface area contributed by atoms with Gasteiger partial charge >= 0.3 is 0 Å². The van der Waals surface area contributed by atoms with E-state index < -0.39 is 0 Å². The number of nitrogens with one attached hydrogen (secondary N) is 1. The molecule has 0 aromatic heterocycles. The number of hydrogen-bond acceptors (Lipinski definition) is 3. The first-order chi connectivity index (χ1) is 6.71. The van der Waals surface area contributed by atoms with Gasteiger partial charge in [-0.25, -0.2) is 0 Å². The molecule has 0 saturated heterocycles. The zero-order valence-corrected chi connectivity index (χ0v) is 11.2. The van der Waals surface area contributed by atoms with Crippen molar-refractivity contribution in [1.29, 1.82) is 0 Å². The van der Waals surface area contributed by atoms with Gasteiger partial charge in [-0.05, 0) is 33.2 Å². The normalized spacial score (nSPS) is 15.9. The van der Waals surface area contributed by atoms with Crippen molar-refractivity contribution in [3.63, 3.8) is 0 Å². The molecule has 0 fully saturated rings. The van der Waals surface area contributed by atoms with Crippen LogP contribution in [0.2, 0.25) is 0 Å². The van der Waals surface area contributed by atoms with Gasteiger partial charge in [0.05, 0.1) is 0 Å². The third-order valence-corrected chi connectivity index (χ3v) is 3.61. The molecule has 0 bridgehead atoms. The summed E-state index contributed by atoms with van der Waals surface area (Å²) in [6, 6.07) is 1.40. The third-order valence-electron chi connectivity index (χ3n) is 2.89. The Hall–Kier alpha value is 0.270. The summed E-state index contributed by atoms with van der Waals surface area (Å²) in [5.41, 5.74) is 0. The number of rotatable bonds is 8. The Morgan fingerprint density at radius 1 is 1.21 bits per heavy atom. The molecule has 0 aromatic carbocycles. The van der Waals surface area contributed by atoms with Gasteiger partial charge < -0.3 is 5.32 Å². The van der Waals surface area contributed by atoms with E-state index in [1.54, 1.807) is 0 Å². The molecule has 2 nitrogen and oxygen atoms in total. The number of thioether (sulfide) groups is 1. The highest BCUT2D eigenvalue weighted by atomic mass is 32.2. The maximum atomic E-state index is 3.27. The molecule has 2 atom stereocenters. The molecule has 0 aliphatic carbocycles. The minimum atomic E-state index is 0.678. The van der Waals surface area contributed by atoms with Gasteiger partial charge in [0.1, 0.15) is 0 Å². The number of likely N-dealkylation sites (N-methyl/N-ethyl adjacent to an activating group) is 2. The Morgan fingerprint density at radius 3 is 2.14 bits per heavy atom. The first-order valence-electron chi connectivity index (χ1n) is 5.56. The molecule has 0 aromatic rings. The fourth-order valence-electron chi connectivity index (χ4n) is 1.83. The van der Waals surface area contributed by atoms with E-state index in [1.165, 1.54) is 18.6 Å². The maximum Gasteiger partial charge on any atom is 0.0218 e. The fraction of sp³-hybridized carbons (Fsp3) is 1.00. The van der Waals surface area contributed by atoms with E-state index in [0.29, 0.717) is 6.04 Å². The lowest BCUT2D eigenvalue weighted by molar-refractivity contribution is 0.176. The Labute approximate surface area is 93.8 Å². The van der Waals surface area contributed by atoms with Crippen LogP contribution in [-0.4, -0.2) is 49.6 Å². The highest BCUT2D eigenvalue weighted by Gasteiger charge is 2.19. The number of nitrogens with zero attached hydrogens (tertiary/aromatic N) is 1. The van der Waals surface area contributed by atoms with Gasteiger partial charge in [-0.15, -0.1) is 0 Å². The molecule has 0 amide bonds. The Morgan fingerprint density at radius 2 is 1.79 bits per heavy atom. The quantitative estimate of drug-likeness (QED) is 0.671. The molecule has 2 unspecified atom stereocenters. The summed E-state index contributed by atoms with van der Waals surface area (Å²) in [5.74, 6) is 1.24.